The molecule has 102 valence electrons. The van der Waals surface area contributed by atoms with Gasteiger partial charge < -0.3 is 10.1 Å². The molecule has 0 amide bonds. The van der Waals surface area contributed by atoms with Crippen LogP contribution in [0.3, 0.4) is 0 Å². The van der Waals surface area contributed by atoms with E-state index in [-0.39, 0.29) is 5.60 Å². The van der Waals surface area contributed by atoms with Crippen molar-refractivity contribution in [2.24, 2.45) is 0 Å². The number of methoxy groups -OCH3 is 1. The van der Waals surface area contributed by atoms with Gasteiger partial charge in [-0.2, -0.15) is 0 Å². The van der Waals surface area contributed by atoms with Crippen molar-refractivity contribution in [3.63, 3.8) is 0 Å². The van der Waals surface area contributed by atoms with Gasteiger partial charge in [-0.05, 0) is 51.8 Å². The molecule has 0 spiro atoms. The van der Waals surface area contributed by atoms with Gasteiger partial charge in [0, 0.05) is 13.7 Å². The second-order valence-electron chi connectivity index (χ2n) is 5.07. The van der Waals surface area contributed by atoms with Gasteiger partial charge >= 0.3 is 0 Å². The molecule has 18 heavy (non-hydrogen) atoms. The first-order chi connectivity index (χ1) is 8.45. The zero-order valence-electron chi connectivity index (χ0n) is 12.5. The molecule has 0 aliphatic heterocycles. The zero-order chi connectivity index (χ0) is 14.0. The molecule has 0 radical (unpaired) electrons. The molecule has 0 aromatic carbocycles. The summed E-state index contributed by atoms with van der Waals surface area (Å²) in [6, 6.07) is 0. The van der Waals surface area contributed by atoms with Crippen molar-refractivity contribution >= 4 is 0 Å². The van der Waals surface area contributed by atoms with Gasteiger partial charge in [-0.15, -0.1) is 6.42 Å². The number of terminal acetylenes is 1. The van der Waals surface area contributed by atoms with E-state index >= 15 is 0 Å². The van der Waals surface area contributed by atoms with Crippen molar-refractivity contribution in [3.8, 4) is 12.3 Å². The molecular formula is C16H27NO. The fourth-order valence-corrected chi connectivity index (χ4v) is 1.40. The Hall–Kier alpha value is -1.20. The Balaban J connectivity index is 4.14. The third-order valence-corrected chi connectivity index (χ3v) is 2.98. The summed E-state index contributed by atoms with van der Waals surface area (Å²) in [6.07, 6.45) is 12.6. The van der Waals surface area contributed by atoms with E-state index in [2.05, 4.69) is 44.3 Å². The number of hydrogen-bond acceptors (Lipinski definition) is 2. The van der Waals surface area contributed by atoms with Crippen molar-refractivity contribution in [3.05, 3.63) is 23.4 Å². The molecule has 0 aliphatic rings. The highest BCUT2D eigenvalue weighted by atomic mass is 16.5. The Morgan fingerprint density at radius 3 is 2.61 bits per heavy atom. The molecular weight excluding hydrogens is 222 g/mol. The molecule has 0 rings (SSSR count). The maximum absolute atomic E-state index is 5.36. The van der Waals surface area contributed by atoms with Crippen LogP contribution in [0.5, 0.6) is 0 Å². The minimum Gasteiger partial charge on any atom is -0.388 e. The van der Waals surface area contributed by atoms with Crippen LogP contribution >= 0.6 is 0 Å². The van der Waals surface area contributed by atoms with Crippen LogP contribution in [0.2, 0.25) is 0 Å². The van der Waals surface area contributed by atoms with E-state index < -0.39 is 0 Å². The second-order valence-corrected chi connectivity index (χ2v) is 5.07. The van der Waals surface area contributed by atoms with Gasteiger partial charge in [0.2, 0.25) is 0 Å². The van der Waals surface area contributed by atoms with Gasteiger partial charge in [0.25, 0.3) is 0 Å². The number of allylic oxidation sites excluding steroid dienone is 3. The van der Waals surface area contributed by atoms with E-state index in [4.69, 9.17) is 11.2 Å². The molecule has 0 aliphatic carbocycles. The molecule has 0 fully saturated rings. The van der Waals surface area contributed by atoms with Gasteiger partial charge in [0.15, 0.2) is 0 Å². The van der Waals surface area contributed by atoms with Crippen molar-refractivity contribution < 1.29 is 4.74 Å². The highest BCUT2D eigenvalue weighted by Gasteiger charge is 2.14. The van der Waals surface area contributed by atoms with Crippen LogP contribution in [-0.2, 0) is 4.74 Å². The van der Waals surface area contributed by atoms with E-state index in [0.29, 0.717) is 0 Å². The predicted octanol–water partition coefficient (Wildman–Crippen LogP) is 3.65. The van der Waals surface area contributed by atoms with Crippen molar-refractivity contribution in [1.29, 1.82) is 0 Å². The van der Waals surface area contributed by atoms with E-state index in [1.807, 2.05) is 6.92 Å². The Kier molecular flexibility index (Phi) is 8.24. The summed E-state index contributed by atoms with van der Waals surface area (Å²) in [6.45, 7) is 9.09. The number of nitrogens with one attached hydrogen (secondary N) is 1. The topological polar surface area (TPSA) is 21.3 Å². The summed E-state index contributed by atoms with van der Waals surface area (Å²) in [5, 5.41) is 3.33. The Morgan fingerprint density at radius 2 is 2.11 bits per heavy atom. The smallest absolute Gasteiger partial charge is 0.0794 e. The standard InChI is InChI=1S/C16H27NO/c1-7-14(3)10-9-11-15(8-2)12-17-13-16(4,5)18-6/h1,10,12,17H,8-9,11,13H2,2-6H3/b14-10+,15-12+. The van der Waals surface area contributed by atoms with E-state index in [1.165, 1.54) is 5.57 Å². The lowest BCUT2D eigenvalue weighted by Crippen LogP contribution is -2.34. The van der Waals surface area contributed by atoms with Crippen molar-refractivity contribution in [2.75, 3.05) is 13.7 Å². The maximum atomic E-state index is 5.36. The Labute approximate surface area is 112 Å². The largest absolute Gasteiger partial charge is 0.388 e. The monoisotopic (exact) mass is 249 g/mol. The number of rotatable bonds is 8. The fraction of sp³-hybridized carbons (Fsp3) is 0.625. The van der Waals surface area contributed by atoms with Crippen LogP contribution in [0.1, 0.15) is 47.0 Å². The molecule has 2 heteroatoms. The second kappa shape index (κ2) is 8.83. The van der Waals surface area contributed by atoms with E-state index in [0.717, 1.165) is 31.4 Å². The summed E-state index contributed by atoms with van der Waals surface area (Å²) >= 11 is 0. The average Bonchev–Trinajstić information content (AvgIpc) is 2.36. The first kappa shape index (κ1) is 16.8. The molecule has 0 saturated heterocycles. The van der Waals surface area contributed by atoms with Gasteiger partial charge in [-0.25, -0.2) is 0 Å². The number of ether oxygens (including phenoxy) is 1. The zero-order valence-corrected chi connectivity index (χ0v) is 12.5. The lowest BCUT2D eigenvalue weighted by molar-refractivity contribution is 0.0259. The molecule has 0 heterocycles. The van der Waals surface area contributed by atoms with Crippen LogP contribution in [0.4, 0.5) is 0 Å². The minimum atomic E-state index is -0.130. The Bertz CT molecular complexity index is 331. The highest BCUT2D eigenvalue weighted by Crippen LogP contribution is 2.11. The van der Waals surface area contributed by atoms with Crippen LogP contribution in [0.25, 0.3) is 0 Å². The SMILES string of the molecule is C#C/C(C)=C/CC/C(=C/NCC(C)(C)OC)CC. The van der Waals surface area contributed by atoms with Crippen LogP contribution in [0, 0.1) is 12.3 Å². The first-order valence-electron chi connectivity index (χ1n) is 6.55. The summed E-state index contributed by atoms with van der Waals surface area (Å²) in [5.74, 6) is 2.64. The third kappa shape index (κ3) is 7.97. The van der Waals surface area contributed by atoms with Gasteiger partial charge in [0.1, 0.15) is 0 Å². The summed E-state index contributed by atoms with van der Waals surface area (Å²) in [4.78, 5) is 0. The third-order valence-electron chi connectivity index (χ3n) is 2.98. The molecule has 1 N–H and O–H groups in total. The predicted molar refractivity (Wildman–Crippen MR) is 79.3 cm³/mol. The Morgan fingerprint density at radius 1 is 1.44 bits per heavy atom. The quantitative estimate of drug-likeness (QED) is 0.663. The molecule has 0 unspecified atom stereocenters. The lowest BCUT2D eigenvalue weighted by atomic mass is 10.1. The van der Waals surface area contributed by atoms with E-state index in [9.17, 15) is 0 Å². The van der Waals surface area contributed by atoms with Gasteiger partial charge in [0.05, 0.1) is 5.60 Å². The maximum Gasteiger partial charge on any atom is 0.0794 e. The molecule has 0 aromatic rings. The molecule has 0 atom stereocenters. The molecule has 0 bridgehead atoms. The van der Waals surface area contributed by atoms with Gasteiger partial charge in [-0.3, -0.25) is 0 Å². The lowest BCUT2D eigenvalue weighted by Gasteiger charge is -2.22. The summed E-state index contributed by atoms with van der Waals surface area (Å²) < 4.78 is 5.36. The normalized spacial score (nSPS) is 13.3. The van der Waals surface area contributed by atoms with Crippen molar-refractivity contribution in [1.82, 2.24) is 5.32 Å². The summed E-state index contributed by atoms with van der Waals surface area (Å²) in [5.41, 5.74) is 2.29. The average molecular weight is 249 g/mol. The van der Waals surface area contributed by atoms with Crippen molar-refractivity contribution in [2.45, 2.75) is 52.6 Å². The van der Waals surface area contributed by atoms with Crippen LogP contribution in [-0.4, -0.2) is 19.3 Å². The van der Waals surface area contributed by atoms with Crippen LogP contribution < -0.4 is 5.32 Å². The molecule has 0 saturated carbocycles. The van der Waals surface area contributed by atoms with E-state index in [1.54, 1.807) is 7.11 Å². The van der Waals surface area contributed by atoms with Crippen LogP contribution in [0.15, 0.2) is 23.4 Å². The summed E-state index contributed by atoms with van der Waals surface area (Å²) in [7, 11) is 1.74. The molecule has 0 aromatic heterocycles. The highest BCUT2D eigenvalue weighted by molar-refractivity contribution is 5.22. The fourth-order valence-electron chi connectivity index (χ4n) is 1.40. The number of hydrogen-bond donors (Lipinski definition) is 1. The molecule has 2 nitrogen and oxygen atoms in total. The first-order valence-corrected chi connectivity index (χ1v) is 6.55. The minimum absolute atomic E-state index is 0.130. The van der Waals surface area contributed by atoms with Gasteiger partial charge in [-0.1, -0.05) is 24.5 Å².